The van der Waals surface area contributed by atoms with Crippen LogP contribution in [0, 0.1) is 6.04 Å². The first-order chi connectivity index (χ1) is 5.08. The Hall–Kier alpha value is 0.553. The normalized spacial score (nSPS) is 9.46. The molecule has 0 fully saturated rings. The van der Waals surface area contributed by atoms with Crippen molar-refractivity contribution < 1.29 is 17.0 Å². The van der Waals surface area contributed by atoms with Crippen LogP contribution in [0.5, 0.6) is 0 Å². The predicted octanol–water partition coefficient (Wildman–Crippen LogP) is -0.260. The van der Waals surface area contributed by atoms with Crippen LogP contribution in [0.4, 0.5) is 0 Å². The molecule has 0 saturated carbocycles. The van der Waals surface area contributed by atoms with Crippen molar-refractivity contribution in [3.8, 4) is 0 Å². The molecule has 0 amide bonds. The number of rotatable bonds is 2. The van der Waals surface area contributed by atoms with Gasteiger partial charge in [0.1, 0.15) is 0 Å². The van der Waals surface area contributed by atoms with Crippen LogP contribution >= 0.6 is 0 Å². The van der Waals surface area contributed by atoms with Gasteiger partial charge in [0.2, 0.25) is 0 Å². The Balaban J connectivity index is 0. The van der Waals surface area contributed by atoms with Gasteiger partial charge < -0.3 is 17.0 Å². The minimum Gasteiger partial charge on any atom is -1.00 e. The second-order valence-electron chi connectivity index (χ2n) is 3.92. The van der Waals surface area contributed by atoms with Crippen LogP contribution in [0.3, 0.4) is 0 Å². The van der Waals surface area contributed by atoms with E-state index in [2.05, 4.69) is 56.0 Å². The fraction of sp³-hybridized carbons (Fsp3) is 0.300. The molecule has 0 aliphatic rings. The summed E-state index contributed by atoms with van der Waals surface area (Å²) in [5, 5.41) is 0. The topological polar surface area (TPSA) is 0 Å². The third-order valence-corrected chi connectivity index (χ3v) is 2.60. The zero-order valence-corrected chi connectivity index (χ0v) is 12.5. The maximum absolute atomic E-state index is 2.41. The quantitative estimate of drug-likeness (QED) is 0.512. The molecule has 1 rings (SSSR count). The summed E-state index contributed by atoms with van der Waals surface area (Å²) in [5.41, 5.74) is 1.37. The van der Waals surface area contributed by atoms with Crippen LogP contribution < -0.4 is 17.0 Å². The maximum Gasteiger partial charge on any atom is 2.00 e. The molecule has 0 aliphatic carbocycles. The molecule has 0 unspecified atom stereocenters. The molecule has 0 aromatic heterocycles. The van der Waals surface area contributed by atoms with Gasteiger partial charge in [0.05, 0.1) is 0 Å². The van der Waals surface area contributed by atoms with E-state index in [1.807, 2.05) is 0 Å². The van der Waals surface area contributed by atoms with Crippen LogP contribution in [0.2, 0.25) is 19.6 Å². The summed E-state index contributed by atoms with van der Waals surface area (Å²) in [4.78, 5) is 0. The average molecular weight is 268 g/mol. The summed E-state index contributed by atoms with van der Waals surface area (Å²) in [6.45, 7) is 7.04. The minimum atomic E-state index is -1.02. The number of halogens is 1. The second kappa shape index (κ2) is 6.93. The monoisotopic (exact) mass is 266 g/mol. The molecule has 13 heavy (non-hydrogen) atoms. The van der Waals surface area contributed by atoms with Crippen molar-refractivity contribution in [2.75, 3.05) is 0 Å². The van der Waals surface area contributed by atoms with Gasteiger partial charge in [-0.3, -0.25) is 0 Å². The minimum absolute atomic E-state index is 0. The Morgan fingerprint density at radius 1 is 1.00 bits per heavy atom. The van der Waals surface area contributed by atoms with Gasteiger partial charge in [-0.25, -0.2) is 0 Å². The SMILES string of the molecule is C[Si](C)(C)[CH-]c1ccccc1.[Br-].[Mg+2]. The molecule has 3 heteroatoms. The first-order valence-corrected chi connectivity index (χ1v) is 7.57. The van der Waals surface area contributed by atoms with Crippen LogP contribution in [0.25, 0.3) is 0 Å². The van der Waals surface area contributed by atoms with Gasteiger partial charge in [0, 0.05) is 8.07 Å². The molecular formula is C10H15BrMgSi. The molecule has 0 spiro atoms. The molecular weight excluding hydrogens is 252 g/mol. The van der Waals surface area contributed by atoms with E-state index in [-0.39, 0.29) is 40.0 Å². The van der Waals surface area contributed by atoms with Crippen molar-refractivity contribution in [2.24, 2.45) is 0 Å². The third-order valence-electron chi connectivity index (χ3n) is 1.40. The molecule has 0 radical (unpaired) electrons. The molecule has 0 heterocycles. The summed E-state index contributed by atoms with van der Waals surface area (Å²) in [6.07, 6.45) is 0. The Morgan fingerprint density at radius 2 is 1.46 bits per heavy atom. The van der Waals surface area contributed by atoms with Crippen LogP contribution in [-0.4, -0.2) is 31.1 Å². The molecule has 0 saturated heterocycles. The molecule has 1 aromatic carbocycles. The van der Waals surface area contributed by atoms with Crippen molar-refractivity contribution in [3.63, 3.8) is 0 Å². The summed E-state index contributed by atoms with van der Waals surface area (Å²) in [7, 11) is -1.02. The molecule has 68 valence electrons. The average Bonchev–Trinajstić information content (AvgIpc) is 1.85. The number of hydrogen-bond acceptors (Lipinski definition) is 0. The Bertz CT molecular complexity index is 218. The Kier molecular flexibility index (Phi) is 8.53. The third kappa shape index (κ3) is 7.61. The Labute approximate surface area is 109 Å². The summed E-state index contributed by atoms with van der Waals surface area (Å²) in [6, 6.07) is 13.0. The first kappa shape index (κ1) is 16.0. The van der Waals surface area contributed by atoms with Gasteiger partial charge in [-0.1, -0.05) is 25.7 Å². The largest absolute Gasteiger partial charge is 2.00 e. The van der Waals surface area contributed by atoms with E-state index in [4.69, 9.17) is 0 Å². The molecule has 0 bridgehead atoms. The number of benzene rings is 1. The fourth-order valence-electron chi connectivity index (χ4n) is 1.05. The van der Waals surface area contributed by atoms with Crippen molar-refractivity contribution in [1.82, 2.24) is 0 Å². The predicted molar refractivity (Wildman–Crippen MR) is 58.9 cm³/mol. The van der Waals surface area contributed by atoms with Crippen molar-refractivity contribution in [1.29, 1.82) is 0 Å². The van der Waals surface area contributed by atoms with Gasteiger partial charge in [-0.2, -0.15) is 23.7 Å². The van der Waals surface area contributed by atoms with Crippen LogP contribution in [0.15, 0.2) is 30.3 Å². The zero-order valence-electron chi connectivity index (χ0n) is 8.55. The summed E-state index contributed by atoms with van der Waals surface area (Å²) < 4.78 is 0. The van der Waals surface area contributed by atoms with Gasteiger partial charge in [0.15, 0.2) is 0 Å². The van der Waals surface area contributed by atoms with Gasteiger partial charge in [0.25, 0.3) is 0 Å². The van der Waals surface area contributed by atoms with Crippen molar-refractivity contribution in [3.05, 3.63) is 41.9 Å². The van der Waals surface area contributed by atoms with Crippen LogP contribution in [-0.2, 0) is 0 Å². The van der Waals surface area contributed by atoms with E-state index in [1.165, 1.54) is 5.56 Å². The maximum atomic E-state index is 2.41. The van der Waals surface area contributed by atoms with Crippen molar-refractivity contribution >= 4 is 31.1 Å². The van der Waals surface area contributed by atoms with E-state index in [0.29, 0.717) is 0 Å². The van der Waals surface area contributed by atoms with Gasteiger partial charge in [-0.05, 0) is 0 Å². The van der Waals surface area contributed by atoms with E-state index in [9.17, 15) is 0 Å². The number of hydrogen-bond donors (Lipinski definition) is 0. The standard InChI is InChI=1S/C10H15Si.BrH.Mg/c1-11(2,3)9-10-7-5-4-6-8-10;;/h4-9H,1-3H3;1H;/q-1;;+2/p-1. The first-order valence-electron chi connectivity index (χ1n) is 3.99. The molecule has 0 atom stereocenters. The zero-order chi connectivity index (χ0) is 8.32. The van der Waals surface area contributed by atoms with E-state index < -0.39 is 8.07 Å². The van der Waals surface area contributed by atoms with Crippen molar-refractivity contribution in [2.45, 2.75) is 19.6 Å². The molecule has 0 aliphatic heterocycles. The fourth-order valence-corrected chi connectivity index (χ4v) is 2.24. The molecule has 0 N–H and O–H groups in total. The molecule has 1 aromatic rings. The van der Waals surface area contributed by atoms with Crippen LogP contribution in [0.1, 0.15) is 5.56 Å². The Morgan fingerprint density at radius 3 is 1.85 bits per heavy atom. The summed E-state index contributed by atoms with van der Waals surface area (Å²) >= 11 is 0. The van der Waals surface area contributed by atoms with E-state index >= 15 is 0 Å². The second-order valence-corrected chi connectivity index (χ2v) is 8.94. The van der Waals surface area contributed by atoms with E-state index in [0.717, 1.165) is 0 Å². The van der Waals surface area contributed by atoms with Gasteiger partial charge in [-0.15, -0.1) is 12.1 Å². The smallest absolute Gasteiger partial charge is 1.00 e. The van der Waals surface area contributed by atoms with E-state index in [1.54, 1.807) is 0 Å². The van der Waals surface area contributed by atoms with Gasteiger partial charge >= 0.3 is 23.1 Å². The summed E-state index contributed by atoms with van der Waals surface area (Å²) in [5.74, 6) is 0. The molecule has 0 nitrogen and oxygen atoms in total.